The van der Waals surface area contributed by atoms with Crippen molar-refractivity contribution >= 4 is 44.6 Å². The van der Waals surface area contributed by atoms with Gasteiger partial charge >= 0.3 is 0 Å². The van der Waals surface area contributed by atoms with Crippen molar-refractivity contribution in [3.05, 3.63) is 97.0 Å². The van der Waals surface area contributed by atoms with Gasteiger partial charge in [0.2, 0.25) is 0 Å². The molecule has 2 aromatic heterocycles. The Kier molecular flexibility index (Phi) is 10.6. The van der Waals surface area contributed by atoms with Crippen LogP contribution in [-0.4, -0.2) is 59.1 Å². The molecule has 0 amide bonds. The molecular weight excluding hydrogens is 590 g/mol. The lowest BCUT2D eigenvalue weighted by molar-refractivity contribution is -0.122. The van der Waals surface area contributed by atoms with E-state index in [0.29, 0.717) is 11.5 Å². The van der Waals surface area contributed by atoms with Gasteiger partial charge < -0.3 is 19.9 Å². The highest BCUT2D eigenvalue weighted by Crippen LogP contribution is 2.27. The van der Waals surface area contributed by atoms with E-state index in [4.69, 9.17) is 9.90 Å². The zero-order chi connectivity index (χ0) is 31.7. The summed E-state index contributed by atoms with van der Waals surface area (Å²) < 4.78 is 57.5. The van der Waals surface area contributed by atoms with Crippen LogP contribution in [0.25, 0.3) is 22.2 Å². The van der Waals surface area contributed by atoms with Gasteiger partial charge in [-0.2, -0.15) is 0 Å². The SMILES string of the molecule is CCN(CC)CCn1ccc2cc(-c3cc(Nc4ccc(NS(=O)(=O)c5c(F)cccc5F)cc4)ncn3)ccc21.O=CO. The first kappa shape index (κ1) is 32.0. The Hall–Kier alpha value is -4.88. The molecule has 0 fully saturated rings. The Bertz CT molecular complexity index is 1810. The molecule has 0 spiro atoms. The minimum absolute atomic E-state index is 0.152. The molecule has 0 aliphatic rings. The number of carbonyl (C=O) groups is 1. The van der Waals surface area contributed by atoms with Crippen molar-refractivity contribution < 1.29 is 27.1 Å². The molecule has 5 aromatic rings. The predicted molar refractivity (Wildman–Crippen MR) is 166 cm³/mol. The van der Waals surface area contributed by atoms with E-state index in [1.54, 1.807) is 12.1 Å². The van der Waals surface area contributed by atoms with Gasteiger partial charge in [-0.15, -0.1) is 0 Å². The van der Waals surface area contributed by atoms with Crippen LogP contribution in [0.1, 0.15) is 13.8 Å². The first-order valence-corrected chi connectivity index (χ1v) is 15.2. The Morgan fingerprint density at radius 3 is 2.25 bits per heavy atom. The van der Waals surface area contributed by atoms with Crippen LogP contribution in [-0.2, 0) is 21.4 Å². The fourth-order valence-electron chi connectivity index (χ4n) is 4.64. The minimum Gasteiger partial charge on any atom is -0.483 e. The van der Waals surface area contributed by atoms with E-state index in [1.165, 1.54) is 24.0 Å². The number of aromatic nitrogens is 3. The van der Waals surface area contributed by atoms with Crippen molar-refractivity contribution in [3.8, 4) is 11.3 Å². The van der Waals surface area contributed by atoms with Crippen molar-refractivity contribution in [3.63, 3.8) is 0 Å². The number of carboxylic acid groups (broad SMARTS) is 1. The van der Waals surface area contributed by atoms with Crippen LogP contribution >= 0.6 is 0 Å². The van der Waals surface area contributed by atoms with Gasteiger partial charge in [0, 0.05) is 53.2 Å². The number of rotatable bonds is 11. The molecule has 10 nitrogen and oxygen atoms in total. The summed E-state index contributed by atoms with van der Waals surface area (Å²) in [6, 6.07) is 19.3. The largest absolute Gasteiger partial charge is 0.483 e. The number of likely N-dealkylation sites (N-methyl/N-ethyl adjacent to an activating group) is 1. The van der Waals surface area contributed by atoms with Crippen LogP contribution < -0.4 is 10.0 Å². The fourth-order valence-corrected chi connectivity index (χ4v) is 5.84. The van der Waals surface area contributed by atoms with Crippen LogP contribution in [0.5, 0.6) is 0 Å². The van der Waals surface area contributed by atoms with Crippen LogP contribution in [0, 0.1) is 11.6 Å². The molecule has 0 aliphatic heterocycles. The second-order valence-electron chi connectivity index (χ2n) is 9.56. The van der Waals surface area contributed by atoms with E-state index >= 15 is 0 Å². The highest BCUT2D eigenvalue weighted by Gasteiger charge is 2.23. The lowest BCUT2D eigenvalue weighted by Gasteiger charge is -2.18. The van der Waals surface area contributed by atoms with Gasteiger partial charge in [-0.1, -0.05) is 26.0 Å². The van der Waals surface area contributed by atoms with Crippen molar-refractivity contribution in [2.75, 3.05) is 29.7 Å². The van der Waals surface area contributed by atoms with Crippen LogP contribution in [0.4, 0.5) is 26.0 Å². The van der Waals surface area contributed by atoms with E-state index in [-0.39, 0.29) is 12.2 Å². The summed E-state index contributed by atoms with van der Waals surface area (Å²) in [6.45, 7) is 8.08. The zero-order valence-corrected chi connectivity index (χ0v) is 24.9. The number of sulfonamides is 1. The van der Waals surface area contributed by atoms with Crippen molar-refractivity contribution in [1.82, 2.24) is 19.4 Å². The third-order valence-electron chi connectivity index (χ3n) is 6.88. The third kappa shape index (κ3) is 7.74. The molecular formula is C31H32F2N6O4S. The second kappa shape index (κ2) is 14.5. The van der Waals surface area contributed by atoms with Gasteiger partial charge in [0.05, 0.1) is 5.69 Å². The van der Waals surface area contributed by atoms with Crippen LogP contribution in [0.15, 0.2) is 90.2 Å². The van der Waals surface area contributed by atoms with E-state index in [0.717, 1.165) is 61.0 Å². The van der Waals surface area contributed by atoms with Crippen LogP contribution in [0.2, 0.25) is 0 Å². The molecule has 0 unspecified atom stereocenters. The Balaban J connectivity index is 0.00000141. The van der Waals surface area contributed by atoms with Gasteiger partial charge in [0.1, 0.15) is 23.8 Å². The molecule has 3 N–H and O–H groups in total. The molecule has 5 rings (SSSR count). The molecule has 0 radical (unpaired) electrons. The number of benzene rings is 3. The number of hydrogen-bond donors (Lipinski definition) is 3. The van der Waals surface area contributed by atoms with Gasteiger partial charge in [-0.25, -0.2) is 27.2 Å². The maximum Gasteiger partial charge on any atom is 0.290 e. The van der Waals surface area contributed by atoms with E-state index in [1.807, 2.05) is 12.1 Å². The normalized spacial score (nSPS) is 11.2. The van der Waals surface area contributed by atoms with Gasteiger partial charge in [-0.3, -0.25) is 9.52 Å². The molecule has 0 saturated carbocycles. The summed E-state index contributed by atoms with van der Waals surface area (Å²) in [6.07, 6.45) is 3.59. The summed E-state index contributed by atoms with van der Waals surface area (Å²) >= 11 is 0. The van der Waals surface area contributed by atoms with Crippen molar-refractivity contribution in [2.45, 2.75) is 25.3 Å². The molecule has 3 aromatic carbocycles. The monoisotopic (exact) mass is 622 g/mol. The molecule has 0 saturated heterocycles. The molecule has 0 aliphatic carbocycles. The molecule has 0 atom stereocenters. The number of nitrogens with zero attached hydrogens (tertiary/aromatic N) is 4. The Morgan fingerprint density at radius 2 is 1.59 bits per heavy atom. The Morgan fingerprint density at radius 1 is 0.932 bits per heavy atom. The lowest BCUT2D eigenvalue weighted by Crippen LogP contribution is -2.26. The van der Waals surface area contributed by atoms with Gasteiger partial charge in [0.15, 0.2) is 4.90 Å². The summed E-state index contributed by atoms with van der Waals surface area (Å²) in [7, 11) is -4.45. The number of fused-ring (bicyclic) bond motifs is 1. The van der Waals surface area contributed by atoms with E-state index in [2.05, 4.69) is 67.7 Å². The van der Waals surface area contributed by atoms with Crippen molar-refractivity contribution in [2.24, 2.45) is 0 Å². The van der Waals surface area contributed by atoms with E-state index in [9.17, 15) is 17.2 Å². The average Bonchev–Trinajstić information content (AvgIpc) is 3.41. The number of hydrogen-bond acceptors (Lipinski definition) is 7. The highest BCUT2D eigenvalue weighted by molar-refractivity contribution is 7.92. The van der Waals surface area contributed by atoms with Gasteiger partial charge in [0.25, 0.3) is 16.5 Å². The lowest BCUT2D eigenvalue weighted by atomic mass is 10.1. The smallest absolute Gasteiger partial charge is 0.290 e. The predicted octanol–water partition coefficient (Wildman–Crippen LogP) is 5.96. The average molecular weight is 623 g/mol. The number of anilines is 3. The maximum atomic E-state index is 14.0. The van der Waals surface area contributed by atoms with Crippen LogP contribution in [0.3, 0.4) is 0 Å². The maximum absolute atomic E-state index is 14.0. The fraction of sp³-hybridized carbons (Fsp3) is 0.194. The standard InChI is InChI=1S/C30H30F2N6O2S.CH2O2/c1-3-37(4-2)16-17-38-15-14-22-18-21(8-13-28(22)38)27-19-29(34-20-33-27)35-23-9-11-24(12-10-23)36-41(39,40)30-25(31)6-5-7-26(30)32;2-1-3/h5-15,18-20,36H,3-4,16-17H2,1-2H3,(H,33,34,35);1H,(H,2,3). The topological polar surface area (TPSA) is 129 Å². The summed E-state index contributed by atoms with van der Waals surface area (Å²) in [5.41, 5.74) is 3.65. The number of nitrogens with one attached hydrogen (secondary N) is 2. The first-order chi connectivity index (χ1) is 21.2. The molecule has 230 valence electrons. The molecule has 13 heteroatoms. The van der Waals surface area contributed by atoms with Crippen molar-refractivity contribution in [1.29, 1.82) is 0 Å². The summed E-state index contributed by atoms with van der Waals surface area (Å²) in [5, 5.41) is 11.2. The third-order valence-corrected chi connectivity index (χ3v) is 8.31. The van der Waals surface area contributed by atoms with E-state index < -0.39 is 26.6 Å². The quantitative estimate of drug-likeness (QED) is 0.154. The Labute approximate surface area is 254 Å². The minimum atomic E-state index is -4.45. The molecule has 44 heavy (non-hydrogen) atoms. The zero-order valence-electron chi connectivity index (χ0n) is 24.1. The molecule has 0 bridgehead atoms. The highest BCUT2D eigenvalue weighted by atomic mass is 32.2. The summed E-state index contributed by atoms with van der Waals surface area (Å²) in [5.74, 6) is -1.78. The molecule has 2 heterocycles. The second-order valence-corrected chi connectivity index (χ2v) is 11.2. The first-order valence-electron chi connectivity index (χ1n) is 13.7. The van der Waals surface area contributed by atoms with Gasteiger partial charge in [-0.05, 0) is 67.7 Å². The summed E-state index contributed by atoms with van der Waals surface area (Å²) in [4.78, 5) is 18.5. The number of halogens is 2.